The van der Waals surface area contributed by atoms with Crippen LogP contribution in [0.4, 0.5) is 4.39 Å². The van der Waals surface area contributed by atoms with Crippen molar-refractivity contribution in [2.75, 3.05) is 26.2 Å². The molecule has 1 aliphatic heterocycles. The molecule has 7 heteroatoms. The zero-order chi connectivity index (χ0) is 16.3. The molecule has 1 heterocycles. The first-order valence-electron chi connectivity index (χ1n) is 7.16. The number of piperazine rings is 1. The number of nitrogens with two attached hydrogens (primary N) is 1. The van der Waals surface area contributed by atoms with Gasteiger partial charge in [0.2, 0.25) is 5.91 Å². The maximum absolute atomic E-state index is 13.0. The van der Waals surface area contributed by atoms with E-state index in [1.54, 1.807) is 16.7 Å². The maximum Gasteiger partial charge on any atom is 0.255 e. The summed E-state index contributed by atoms with van der Waals surface area (Å²) in [4.78, 5) is 27.6. The Morgan fingerprint density at radius 3 is 2.41 bits per heavy atom. The van der Waals surface area contributed by atoms with E-state index in [-0.39, 0.29) is 28.4 Å². The number of amides is 2. The van der Waals surface area contributed by atoms with Gasteiger partial charge >= 0.3 is 0 Å². The van der Waals surface area contributed by atoms with Gasteiger partial charge in [0.1, 0.15) is 5.82 Å². The molecule has 2 N–H and O–H groups in total. The number of carbonyl (C=O) groups excluding carboxylic acids is 2. The molecule has 0 saturated carbocycles. The molecule has 1 aromatic carbocycles. The van der Waals surface area contributed by atoms with Crippen LogP contribution < -0.4 is 5.73 Å². The standard InChI is InChI=1S/C15H19ClFN3O2/c1-10(18)8-14(21)19-4-6-20(7-5-19)15(22)12-3-2-11(17)9-13(12)16/h2-3,9-10H,4-8,18H2,1H3. The summed E-state index contributed by atoms with van der Waals surface area (Å²) in [6.07, 6.45) is 0.303. The van der Waals surface area contributed by atoms with Gasteiger partial charge in [0.05, 0.1) is 10.6 Å². The minimum atomic E-state index is -0.479. The molecule has 1 aromatic rings. The van der Waals surface area contributed by atoms with E-state index >= 15 is 0 Å². The van der Waals surface area contributed by atoms with Gasteiger partial charge in [-0.15, -0.1) is 0 Å². The Morgan fingerprint density at radius 2 is 1.86 bits per heavy atom. The molecule has 0 bridgehead atoms. The molecule has 5 nitrogen and oxygen atoms in total. The number of hydrogen-bond acceptors (Lipinski definition) is 3. The predicted molar refractivity (Wildman–Crippen MR) is 82.2 cm³/mol. The SMILES string of the molecule is CC(N)CC(=O)N1CCN(C(=O)c2ccc(F)cc2Cl)CC1. The third kappa shape index (κ3) is 3.96. The predicted octanol–water partition coefficient (Wildman–Crippen LogP) is 1.50. The number of benzene rings is 1. The number of rotatable bonds is 3. The lowest BCUT2D eigenvalue weighted by Crippen LogP contribution is -2.51. The molecule has 0 aliphatic carbocycles. The summed E-state index contributed by atoms with van der Waals surface area (Å²) in [7, 11) is 0. The van der Waals surface area contributed by atoms with Crippen LogP contribution in [0, 0.1) is 5.82 Å². The average molecular weight is 328 g/mol. The summed E-state index contributed by atoms with van der Waals surface area (Å²) in [6, 6.07) is 3.54. The Bertz CT molecular complexity index is 572. The molecule has 1 aliphatic rings. The number of halogens is 2. The Hall–Kier alpha value is -1.66. The molecule has 2 amide bonds. The lowest BCUT2D eigenvalue weighted by molar-refractivity contribution is -0.132. The molecule has 0 spiro atoms. The van der Waals surface area contributed by atoms with Crippen LogP contribution in [0.3, 0.4) is 0 Å². The highest BCUT2D eigenvalue weighted by Crippen LogP contribution is 2.20. The van der Waals surface area contributed by atoms with Gasteiger partial charge in [-0.25, -0.2) is 4.39 Å². The van der Waals surface area contributed by atoms with Gasteiger partial charge in [-0.3, -0.25) is 9.59 Å². The topological polar surface area (TPSA) is 66.6 Å². The largest absolute Gasteiger partial charge is 0.339 e. The number of nitrogens with zero attached hydrogens (tertiary/aromatic N) is 2. The van der Waals surface area contributed by atoms with Gasteiger partial charge < -0.3 is 15.5 Å². The van der Waals surface area contributed by atoms with Gasteiger partial charge in [0, 0.05) is 38.6 Å². The monoisotopic (exact) mass is 327 g/mol. The summed E-state index contributed by atoms with van der Waals surface area (Å²) >= 11 is 5.91. The van der Waals surface area contributed by atoms with E-state index in [1.165, 1.54) is 12.1 Å². The highest BCUT2D eigenvalue weighted by molar-refractivity contribution is 6.33. The van der Waals surface area contributed by atoms with Gasteiger partial charge in [-0.05, 0) is 25.1 Å². The lowest BCUT2D eigenvalue weighted by Gasteiger charge is -2.35. The van der Waals surface area contributed by atoms with E-state index in [0.29, 0.717) is 32.6 Å². The molecule has 0 radical (unpaired) electrons. The Labute approximate surface area is 133 Å². The van der Waals surface area contributed by atoms with Gasteiger partial charge in [0.15, 0.2) is 0 Å². The van der Waals surface area contributed by atoms with Crippen LogP contribution in [0.15, 0.2) is 18.2 Å². The summed E-state index contributed by atoms with van der Waals surface area (Å²) < 4.78 is 13.0. The molecule has 22 heavy (non-hydrogen) atoms. The van der Waals surface area contributed by atoms with Gasteiger partial charge in [-0.1, -0.05) is 11.6 Å². The van der Waals surface area contributed by atoms with E-state index in [0.717, 1.165) is 6.07 Å². The van der Waals surface area contributed by atoms with Crippen molar-refractivity contribution in [1.29, 1.82) is 0 Å². The zero-order valence-electron chi connectivity index (χ0n) is 12.4. The molecule has 1 atom stereocenters. The molecule has 0 aromatic heterocycles. The van der Waals surface area contributed by atoms with E-state index in [2.05, 4.69) is 0 Å². The van der Waals surface area contributed by atoms with Crippen molar-refractivity contribution in [1.82, 2.24) is 9.80 Å². The third-order valence-electron chi connectivity index (χ3n) is 3.58. The van der Waals surface area contributed by atoms with Crippen molar-refractivity contribution in [3.05, 3.63) is 34.6 Å². The maximum atomic E-state index is 13.0. The molecular weight excluding hydrogens is 309 g/mol. The molecule has 2 rings (SSSR count). The van der Waals surface area contributed by atoms with Crippen molar-refractivity contribution in [2.24, 2.45) is 5.73 Å². The van der Waals surface area contributed by atoms with Gasteiger partial charge in [-0.2, -0.15) is 0 Å². The lowest BCUT2D eigenvalue weighted by atomic mass is 10.1. The Morgan fingerprint density at radius 1 is 1.27 bits per heavy atom. The van der Waals surface area contributed by atoms with Crippen LogP contribution in [0.1, 0.15) is 23.7 Å². The van der Waals surface area contributed by atoms with Crippen LogP contribution >= 0.6 is 11.6 Å². The smallest absolute Gasteiger partial charge is 0.255 e. The van der Waals surface area contributed by atoms with E-state index in [4.69, 9.17) is 17.3 Å². The van der Waals surface area contributed by atoms with Gasteiger partial charge in [0.25, 0.3) is 5.91 Å². The fourth-order valence-electron chi connectivity index (χ4n) is 2.40. The average Bonchev–Trinajstić information content (AvgIpc) is 2.46. The Balaban J connectivity index is 1.96. The summed E-state index contributed by atoms with van der Waals surface area (Å²) in [6.45, 7) is 3.58. The highest BCUT2D eigenvalue weighted by Gasteiger charge is 2.26. The molecule has 1 saturated heterocycles. The van der Waals surface area contributed by atoms with Crippen LogP contribution in [-0.4, -0.2) is 53.8 Å². The van der Waals surface area contributed by atoms with Crippen molar-refractivity contribution in [3.8, 4) is 0 Å². The van der Waals surface area contributed by atoms with E-state index in [1.807, 2.05) is 0 Å². The van der Waals surface area contributed by atoms with E-state index < -0.39 is 5.82 Å². The minimum absolute atomic E-state index is 0.00177. The van der Waals surface area contributed by atoms with Crippen molar-refractivity contribution in [2.45, 2.75) is 19.4 Å². The highest BCUT2D eigenvalue weighted by atomic mass is 35.5. The van der Waals surface area contributed by atoms with Crippen LogP contribution in [0.5, 0.6) is 0 Å². The third-order valence-corrected chi connectivity index (χ3v) is 3.89. The van der Waals surface area contributed by atoms with Crippen molar-refractivity contribution < 1.29 is 14.0 Å². The van der Waals surface area contributed by atoms with Crippen LogP contribution in [0.25, 0.3) is 0 Å². The quantitative estimate of drug-likeness (QED) is 0.915. The van der Waals surface area contributed by atoms with Crippen LogP contribution in [0.2, 0.25) is 5.02 Å². The van der Waals surface area contributed by atoms with Crippen molar-refractivity contribution >= 4 is 23.4 Å². The zero-order valence-corrected chi connectivity index (χ0v) is 13.1. The number of hydrogen-bond donors (Lipinski definition) is 1. The summed E-state index contributed by atoms with van der Waals surface area (Å²) in [5.74, 6) is -0.723. The minimum Gasteiger partial charge on any atom is -0.339 e. The van der Waals surface area contributed by atoms with Crippen LogP contribution in [-0.2, 0) is 4.79 Å². The second-order valence-electron chi connectivity index (χ2n) is 5.48. The van der Waals surface area contributed by atoms with E-state index in [9.17, 15) is 14.0 Å². The summed E-state index contributed by atoms with van der Waals surface area (Å²) in [5.41, 5.74) is 5.90. The number of carbonyl (C=O) groups is 2. The Kier molecular flexibility index (Phi) is 5.37. The van der Waals surface area contributed by atoms with Crippen molar-refractivity contribution in [3.63, 3.8) is 0 Å². The first-order chi connectivity index (χ1) is 10.4. The summed E-state index contributed by atoms with van der Waals surface area (Å²) in [5, 5.41) is 0.0977. The first kappa shape index (κ1) is 16.7. The fourth-order valence-corrected chi connectivity index (χ4v) is 2.64. The molecular formula is C15H19ClFN3O2. The second-order valence-corrected chi connectivity index (χ2v) is 5.89. The molecule has 120 valence electrons. The normalized spacial score (nSPS) is 16.5. The molecule has 1 unspecified atom stereocenters. The molecule has 1 fully saturated rings. The second kappa shape index (κ2) is 7.07. The first-order valence-corrected chi connectivity index (χ1v) is 7.54. The fraction of sp³-hybridized carbons (Fsp3) is 0.467.